The highest BCUT2D eigenvalue weighted by atomic mass is 19.1. The van der Waals surface area contributed by atoms with E-state index in [9.17, 15) is 9.18 Å². The van der Waals surface area contributed by atoms with Gasteiger partial charge in [-0.05, 0) is 50.8 Å². The molecule has 1 aromatic rings. The third-order valence-electron chi connectivity index (χ3n) is 6.62. The first kappa shape index (κ1) is 19.6. The highest BCUT2D eigenvalue weighted by Gasteiger charge is 2.48. The number of benzene rings is 1. The van der Waals surface area contributed by atoms with E-state index in [0.717, 1.165) is 64.5 Å². The normalized spacial score (nSPS) is 27.7. The van der Waals surface area contributed by atoms with Gasteiger partial charge in [0.25, 0.3) is 0 Å². The highest BCUT2D eigenvalue weighted by molar-refractivity contribution is 5.76. The van der Waals surface area contributed by atoms with Gasteiger partial charge in [-0.3, -0.25) is 9.69 Å². The maximum Gasteiger partial charge on any atom is 0.223 e. The van der Waals surface area contributed by atoms with Gasteiger partial charge in [-0.2, -0.15) is 0 Å². The Morgan fingerprint density at radius 2 is 2.04 bits per heavy atom. The maximum absolute atomic E-state index is 13.8. The molecule has 28 heavy (non-hydrogen) atoms. The van der Waals surface area contributed by atoms with E-state index in [1.54, 1.807) is 12.1 Å². The van der Waals surface area contributed by atoms with Gasteiger partial charge >= 0.3 is 0 Å². The molecule has 0 N–H and O–H groups in total. The van der Waals surface area contributed by atoms with E-state index >= 15 is 0 Å². The number of anilines is 1. The van der Waals surface area contributed by atoms with E-state index in [4.69, 9.17) is 4.74 Å². The molecular formula is C22H32FN3O2. The average molecular weight is 390 g/mol. The van der Waals surface area contributed by atoms with Crippen LogP contribution in [0.4, 0.5) is 10.1 Å². The fourth-order valence-corrected chi connectivity index (χ4v) is 5.38. The largest absolute Gasteiger partial charge is 0.379 e. The van der Waals surface area contributed by atoms with Crippen LogP contribution in [0.3, 0.4) is 0 Å². The second kappa shape index (κ2) is 7.99. The first-order valence-corrected chi connectivity index (χ1v) is 10.6. The summed E-state index contributed by atoms with van der Waals surface area (Å²) < 4.78 is 19.2. The number of piperidine rings is 1. The summed E-state index contributed by atoms with van der Waals surface area (Å²) in [5, 5.41) is 0. The molecule has 0 bridgehead atoms. The van der Waals surface area contributed by atoms with Crippen LogP contribution in [0.1, 0.15) is 33.1 Å². The predicted octanol–water partition coefficient (Wildman–Crippen LogP) is 2.75. The van der Waals surface area contributed by atoms with Crippen LogP contribution in [-0.2, 0) is 9.53 Å². The Morgan fingerprint density at radius 1 is 1.25 bits per heavy atom. The Kier molecular flexibility index (Phi) is 5.61. The smallest absolute Gasteiger partial charge is 0.223 e. The Hall–Kier alpha value is -1.66. The third kappa shape index (κ3) is 4.03. The number of likely N-dealkylation sites (tertiary alicyclic amines) is 1. The zero-order chi connectivity index (χ0) is 19.7. The Bertz CT molecular complexity index is 705. The van der Waals surface area contributed by atoms with Crippen LogP contribution >= 0.6 is 0 Å². The number of halogens is 1. The van der Waals surface area contributed by atoms with Crippen molar-refractivity contribution < 1.29 is 13.9 Å². The molecule has 0 saturated carbocycles. The lowest BCUT2D eigenvalue weighted by Gasteiger charge is -2.42. The Morgan fingerprint density at radius 3 is 2.79 bits per heavy atom. The number of carbonyl (C=O) groups is 1. The van der Waals surface area contributed by atoms with Crippen molar-refractivity contribution in [3.8, 4) is 0 Å². The van der Waals surface area contributed by atoms with Crippen molar-refractivity contribution in [3.05, 3.63) is 30.1 Å². The summed E-state index contributed by atoms with van der Waals surface area (Å²) in [6.45, 7) is 10.3. The summed E-state index contributed by atoms with van der Waals surface area (Å²) in [6, 6.07) is 7.31. The number of rotatable bonds is 4. The standard InChI is InChI=1S/C22H32FN3O2/c1-22(2)15-17-16-25(21(27)7-8-24-10-12-28-13-11-24)9-6-20(17)26(22)19-5-3-4-18(23)14-19/h3-5,14,17,20H,6-13,15-16H2,1-2H3/t17-,20+/m1/s1. The molecule has 1 amide bonds. The summed E-state index contributed by atoms with van der Waals surface area (Å²) in [7, 11) is 0. The minimum absolute atomic E-state index is 0.0318. The fourth-order valence-electron chi connectivity index (χ4n) is 5.38. The number of nitrogens with zero attached hydrogens (tertiary/aromatic N) is 3. The molecule has 0 unspecified atom stereocenters. The van der Waals surface area contributed by atoms with Crippen LogP contribution in [-0.4, -0.2) is 73.2 Å². The van der Waals surface area contributed by atoms with Crippen LogP contribution in [0.25, 0.3) is 0 Å². The second-order valence-corrected chi connectivity index (χ2v) is 9.03. The predicted molar refractivity (Wildman–Crippen MR) is 108 cm³/mol. The summed E-state index contributed by atoms with van der Waals surface area (Å²) >= 11 is 0. The quantitative estimate of drug-likeness (QED) is 0.793. The molecule has 3 heterocycles. The van der Waals surface area contributed by atoms with E-state index in [1.165, 1.54) is 6.07 Å². The van der Waals surface area contributed by atoms with E-state index in [0.29, 0.717) is 18.4 Å². The lowest BCUT2D eigenvalue weighted by atomic mass is 9.89. The molecule has 3 aliphatic heterocycles. The third-order valence-corrected chi connectivity index (χ3v) is 6.62. The van der Waals surface area contributed by atoms with Gasteiger partial charge in [0.05, 0.1) is 13.2 Å². The Labute approximate surface area is 167 Å². The zero-order valence-electron chi connectivity index (χ0n) is 17.1. The van der Waals surface area contributed by atoms with Crippen molar-refractivity contribution in [1.82, 2.24) is 9.80 Å². The van der Waals surface area contributed by atoms with Crippen LogP contribution in [0.5, 0.6) is 0 Å². The zero-order valence-corrected chi connectivity index (χ0v) is 17.1. The lowest BCUT2D eigenvalue weighted by Crippen LogP contribution is -2.50. The SMILES string of the molecule is CC1(C)C[C@@H]2CN(C(=O)CCN3CCOCC3)CC[C@@H]2N1c1cccc(F)c1. The molecule has 3 fully saturated rings. The van der Waals surface area contributed by atoms with Gasteiger partial charge in [0, 0.05) is 56.4 Å². The number of carbonyl (C=O) groups excluding carboxylic acids is 1. The van der Waals surface area contributed by atoms with Crippen molar-refractivity contribution in [2.24, 2.45) is 5.92 Å². The van der Waals surface area contributed by atoms with Crippen LogP contribution in [0.15, 0.2) is 24.3 Å². The van der Waals surface area contributed by atoms with Gasteiger partial charge in [-0.1, -0.05) is 6.07 Å². The molecular weight excluding hydrogens is 357 g/mol. The van der Waals surface area contributed by atoms with E-state index in [2.05, 4.69) is 28.5 Å². The number of fused-ring (bicyclic) bond motifs is 1. The van der Waals surface area contributed by atoms with Gasteiger partial charge in [0.1, 0.15) is 5.82 Å². The lowest BCUT2D eigenvalue weighted by molar-refractivity contribution is -0.133. The molecule has 154 valence electrons. The maximum atomic E-state index is 13.8. The van der Waals surface area contributed by atoms with Gasteiger partial charge in [0.15, 0.2) is 0 Å². The first-order chi connectivity index (χ1) is 13.4. The number of ether oxygens (including phenoxy) is 1. The summed E-state index contributed by atoms with van der Waals surface area (Å²) in [5.41, 5.74) is 0.931. The second-order valence-electron chi connectivity index (χ2n) is 9.03. The van der Waals surface area contributed by atoms with Gasteiger partial charge < -0.3 is 14.5 Å². The number of hydrogen-bond donors (Lipinski definition) is 0. The molecule has 0 radical (unpaired) electrons. The van der Waals surface area contributed by atoms with Crippen molar-refractivity contribution in [1.29, 1.82) is 0 Å². The molecule has 3 aliphatic rings. The molecule has 3 saturated heterocycles. The topological polar surface area (TPSA) is 36.0 Å². The molecule has 0 spiro atoms. The molecule has 1 aromatic carbocycles. The van der Waals surface area contributed by atoms with Crippen LogP contribution in [0, 0.1) is 11.7 Å². The number of morpholine rings is 1. The molecule has 2 atom stereocenters. The molecule has 0 aromatic heterocycles. The van der Waals surface area contributed by atoms with Gasteiger partial charge in [-0.25, -0.2) is 4.39 Å². The number of amides is 1. The first-order valence-electron chi connectivity index (χ1n) is 10.6. The van der Waals surface area contributed by atoms with Crippen molar-refractivity contribution in [2.45, 2.75) is 44.7 Å². The Balaban J connectivity index is 1.38. The minimum atomic E-state index is -0.188. The molecule has 4 rings (SSSR count). The summed E-state index contributed by atoms with van der Waals surface area (Å²) in [5.74, 6) is 0.527. The van der Waals surface area contributed by atoms with Crippen LogP contribution in [0.2, 0.25) is 0 Å². The van der Waals surface area contributed by atoms with Crippen molar-refractivity contribution in [3.63, 3.8) is 0 Å². The summed E-state index contributed by atoms with van der Waals surface area (Å²) in [4.78, 5) is 19.6. The molecule has 5 nitrogen and oxygen atoms in total. The highest BCUT2D eigenvalue weighted by Crippen LogP contribution is 2.44. The van der Waals surface area contributed by atoms with Gasteiger partial charge in [-0.15, -0.1) is 0 Å². The van der Waals surface area contributed by atoms with E-state index in [1.807, 2.05) is 6.07 Å². The molecule has 6 heteroatoms. The fraction of sp³-hybridized carbons (Fsp3) is 0.682. The monoisotopic (exact) mass is 389 g/mol. The minimum Gasteiger partial charge on any atom is -0.379 e. The van der Waals surface area contributed by atoms with E-state index < -0.39 is 0 Å². The van der Waals surface area contributed by atoms with Crippen LogP contribution < -0.4 is 4.90 Å². The van der Waals surface area contributed by atoms with Crippen molar-refractivity contribution >= 4 is 11.6 Å². The average Bonchev–Trinajstić information content (AvgIpc) is 2.95. The molecule has 0 aliphatic carbocycles. The number of hydrogen-bond acceptors (Lipinski definition) is 4. The van der Waals surface area contributed by atoms with E-state index in [-0.39, 0.29) is 17.3 Å². The summed E-state index contributed by atoms with van der Waals surface area (Å²) in [6.07, 6.45) is 2.57. The van der Waals surface area contributed by atoms with Crippen molar-refractivity contribution in [2.75, 3.05) is 50.8 Å². The van der Waals surface area contributed by atoms with Gasteiger partial charge in [0.2, 0.25) is 5.91 Å².